The lowest BCUT2D eigenvalue weighted by Gasteiger charge is -2.15. The molecule has 0 saturated heterocycles. The van der Waals surface area contributed by atoms with Gasteiger partial charge in [0.05, 0.1) is 24.5 Å². The molecule has 0 fully saturated rings. The minimum atomic E-state index is -3.70. The number of rotatable bonds is 7. The summed E-state index contributed by atoms with van der Waals surface area (Å²) in [7, 11) is -2.20. The molecule has 140 valence electrons. The van der Waals surface area contributed by atoms with Gasteiger partial charge in [0.25, 0.3) is 0 Å². The molecular weight excluding hydrogens is 376 g/mol. The Morgan fingerprint density at radius 3 is 2.62 bits per heavy atom. The van der Waals surface area contributed by atoms with E-state index in [1.807, 2.05) is 6.92 Å². The van der Waals surface area contributed by atoms with E-state index in [-0.39, 0.29) is 11.7 Å². The standard InChI is InChI=1S/C18H21ClN2O4S/c1-12-9-14(19)7-8-17(12)20-18(22)13(2)11-26(23,24)21-15-5-4-6-16(10-15)25-3/h4-10,13,21H,11H2,1-3H3,(H,20,22). The Hall–Kier alpha value is -2.25. The van der Waals surface area contributed by atoms with Crippen molar-refractivity contribution < 1.29 is 17.9 Å². The Labute approximate surface area is 158 Å². The topological polar surface area (TPSA) is 84.5 Å². The van der Waals surface area contributed by atoms with Crippen LogP contribution in [0.3, 0.4) is 0 Å². The summed E-state index contributed by atoms with van der Waals surface area (Å²) in [6, 6.07) is 11.6. The van der Waals surface area contributed by atoms with Crippen molar-refractivity contribution in [3.63, 3.8) is 0 Å². The molecule has 6 nitrogen and oxygen atoms in total. The number of benzene rings is 2. The fraction of sp³-hybridized carbons (Fsp3) is 0.278. The fourth-order valence-corrected chi connectivity index (χ4v) is 3.94. The summed E-state index contributed by atoms with van der Waals surface area (Å²) in [4.78, 5) is 12.3. The number of amides is 1. The first kappa shape index (κ1) is 20.1. The first-order chi connectivity index (χ1) is 12.2. The van der Waals surface area contributed by atoms with Crippen LogP contribution in [0.1, 0.15) is 12.5 Å². The molecule has 0 aliphatic heterocycles. The molecule has 2 aromatic carbocycles. The van der Waals surface area contributed by atoms with Crippen LogP contribution in [0.4, 0.5) is 11.4 Å². The predicted octanol–water partition coefficient (Wildman–Crippen LogP) is 3.67. The van der Waals surface area contributed by atoms with Gasteiger partial charge in [-0.25, -0.2) is 8.42 Å². The average molecular weight is 397 g/mol. The lowest BCUT2D eigenvalue weighted by atomic mass is 10.1. The van der Waals surface area contributed by atoms with Gasteiger partial charge in [-0.15, -0.1) is 0 Å². The van der Waals surface area contributed by atoms with Crippen LogP contribution in [0.5, 0.6) is 5.75 Å². The number of anilines is 2. The van der Waals surface area contributed by atoms with Gasteiger partial charge in [0.1, 0.15) is 5.75 Å². The molecule has 26 heavy (non-hydrogen) atoms. The summed E-state index contributed by atoms with van der Waals surface area (Å²) in [5.41, 5.74) is 1.78. The third-order valence-electron chi connectivity index (χ3n) is 3.71. The number of aryl methyl sites for hydroxylation is 1. The molecule has 0 radical (unpaired) electrons. The second-order valence-corrected chi connectivity index (χ2v) is 8.17. The van der Waals surface area contributed by atoms with Crippen LogP contribution in [0.15, 0.2) is 42.5 Å². The molecule has 0 bridgehead atoms. The van der Waals surface area contributed by atoms with E-state index in [1.165, 1.54) is 7.11 Å². The highest BCUT2D eigenvalue weighted by Gasteiger charge is 2.22. The number of hydrogen-bond donors (Lipinski definition) is 2. The molecule has 0 heterocycles. The highest BCUT2D eigenvalue weighted by molar-refractivity contribution is 7.92. The van der Waals surface area contributed by atoms with Crippen LogP contribution in [-0.4, -0.2) is 27.2 Å². The van der Waals surface area contributed by atoms with Crippen molar-refractivity contribution >= 4 is 38.9 Å². The molecule has 0 aliphatic carbocycles. The summed E-state index contributed by atoms with van der Waals surface area (Å²) >= 11 is 5.89. The van der Waals surface area contributed by atoms with Gasteiger partial charge in [-0.3, -0.25) is 9.52 Å². The number of hydrogen-bond acceptors (Lipinski definition) is 4. The molecule has 1 unspecified atom stereocenters. The number of carbonyl (C=O) groups is 1. The van der Waals surface area contributed by atoms with Gasteiger partial charge in [0.2, 0.25) is 15.9 Å². The number of carbonyl (C=O) groups excluding carboxylic acids is 1. The first-order valence-corrected chi connectivity index (χ1v) is 9.95. The van der Waals surface area contributed by atoms with Gasteiger partial charge >= 0.3 is 0 Å². The first-order valence-electron chi connectivity index (χ1n) is 7.92. The Morgan fingerprint density at radius 1 is 1.23 bits per heavy atom. The third kappa shape index (κ3) is 5.64. The van der Waals surface area contributed by atoms with Crippen molar-refractivity contribution in [2.45, 2.75) is 13.8 Å². The second kappa shape index (κ2) is 8.42. The monoisotopic (exact) mass is 396 g/mol. The van der Waals surface area contributed by atoms with Crippen molar-refractivity contribution in [3.8, 4) is 5.75 Å². The van der Waals surface area contributed by atoms with Crippen LogP contribution in [0, 0.1) is 12.8 Å². The van der Waals surface area contributed by atoms with Crippen molar-refractivity contribution in [3.05, 3.63) is 53.1 Å². The number of halogens is 1. The maximum Gasteiger partial charge on any atom is 0.233 e. The molecule has 1 amide bonds. The highest BCUT2D eigenvalue weighted by Crippen LogP contribution is 2.21. The lowest BCUT2D eigenvalue weighted by molar-refractivity contribution is -0.118. The zero-order valence-electron chi connectivity index (χ0n) is 14.7. The SMILES string of the molecule is COc1cccc(NS(=O)(=O)CC(C)C(=O)Nc2ccc(Cl)cc2C)c1. The Balaban J connectivity index is 2.02. The van der Waals surface area contributed by atoms with Crippen LogP contribution in [-0.2, 0) is 14.8 Å². The van der Waals surface area contributed by atoms with E-state index in [0.717, 1.165) is 5.56 Å². The van der Waals surface area contributed by atoms with E-state index in [1.54, 1.807) is 49.4 Å². The molecule has 0 aromatic heterocycles. The summed E-state index contributed by atoms with van der Waals surface area (Å²) in [6.45, 7) is 3.37. The molecule has 2 aromatic rings. The van der Waals surface area contributed by atoms with Crippen LogP contribution < -0.4 is 14.8 Å². The largest absolute Gasteiger partial charge is 0.497 e. The summed E-state index contributed by atoms with van der Waals surface area (Å²) in [6.07, 6.45) is 0. The normalized spacial score (nSPS) is 12.3. The number of methoxy groups -OCH3 is 1. The average Bonchev–Trinajstić information content (AvgIpc) is 2.56. The van der Waals surface area contributed by atoms with Crippen molar-refractivity contribution in [1.82, 2.24) is 0 Å². The zero-order valence-corrected chi connectivity index (χ0v) is 16.3. The zero-order chi connectivity index (χ0) is 19.3. The minimum absolute atomic E-state index is 0.345. The quantitative estimate of drug-likeness (QED) is 0.747. The van der Waals surface area contributed by atoms with E-state index in [0.29, 0.717) is 22.1 Å². The van der Waals surface area contributed by atoms with Crippen LogP contribution in [0.2, 0.25) is 5.02 Å². The van der Waals surface area contributed by atoms with Gasteiger partial charge in [-0.2, -0.15) is 0 Å². The van der Waals surface area contributed by atoms with E-state index < -0.39 is 15.9 Å². The van der Waals surface area contributed by atoms with Crippen LogP contribution >= 0.6 is 11.6 Å². The number of ether oxygens (including phenoxy) is 1. The van der Waals surface area contributed by atoms with Gasteiger partial charge in [-0.1, -0.05) is 24.6 Å². The molecule has 2 rings (SSSR count). The minimum Gasteiger partial charge on any atom is -0.497 e. The van der Waals surface area contributed by atoms with Crippen molar-refractivity contribution in [2.24, 2.45) is 5.92 Å². The van der Waals surface area contributed by atoms with Crippen LogP contribution in [0.25, 0.3) is 0 Å². The molecule has 1 atom stereocenters. The second-order valence-electron chi connectivity index (χ2n) is 5.96. The fourth-order valence-electron chi connectivity index (χ4n) is 2.34. The number of sulfonamides is 1. The maximum atomic E-state index is 12.3. The van der Waals surface area contributed by atoms with E-state index in [2.05, 4.69) is 10.0 Å². The van der Waals surface area contributed by atoms with E-state index >= 15 is 0 Å². The Morgan fingerprint density at radius 2 is 1.96 bits per heavy atom. The third-order valence-corrected chi connectivity index (χ3v) is 5.43. The predicted molar refractivity (Wildman–Crippen MR) is 104 cm³/mol. The molecule has 0 aliphatic rings. The van der Waals surface area contributed by atoms with Gasteiger partial charge < -0.3 is 10.1 Å². The van der Waals surface area contributed by atoms with E-state index in [9.17, 15) is 13.2 Å². The van der Waals surface area contributed by atoms with E-state index in [4.69, 9.17) is 16.3 Å². The molecule has 2 N–H and O–H groups in total. The number of nitrogens with one attached hydrogen (secondary N) is 2. The lowest BCUT2D eigenvalue weighted by Crippen LogP contribution is -2.30. The summed E-state index contributed by atoms with van der Waals surface area (Å²) in [5.74, 6) is -0.934. The van der Waals surface area contributed by atoms with Crippen molar-refractivity contribution in [2.75, 3.05) is 22.9 Å². The summed E-state index contributed by atoms with van der Waals surface area (Å²) < 4.78 is 32.2. The van der Waals surface area contributed by atoms with Gasteiger partial charge in [0.15, 0.2) is 0 Å². The van der Waals surface area contributed by atoms with Gasteiger partial charge in [0, 0.05) is 16.8 Å². The molecular formula is C18H21ClN2O4S. The molecule has 0 spiro atoms. The molecule has 8 heteroatoms. The summed E-state index contributed by atoms with van der Waals surface area (Å²) in [5, 5.41) is 3.30. The Kier molecular flexibility index (Phi) is 6.50. The van der Waals surface area contributed by atoms with Gasteiger partial charge in [-0.05, 0) is 42.8 Å². The molecule has 0 saturated carbocycles. The Bertz CT molecular complexity index is 900. The smallest absolute Gasteiger partial charge is 0.233 e. The van der Waals surface area contributed by atoms with Crippen molar-refractivity contribution in [1.29, 1.82) is 0 Å². The highest BCUT2D eigenvalue weighted by atomic mass is 35.5. The maximum absolute atomic E-state index is 12.3.